The van der Waals surface area contributed by atoms with Gasteiger partial charge in [-0.15, -0.1) is 0 Å². The summed E-state index contributed by atoms with van der Waals surface area (Å²) >= 11 is 6.05. The van der Waals surface area contributed by atoms with Crippen LogP contribution in [0.3, 0.4) is 0 Å². The second kappa shape index (κ2) is 3.32. The van der Waals surface area contributed by atoms with Crippen molar-refractivity contribution < 1.29 is 5.11 Å². The molecule has 0 spiro atoms. The van der Waals surface area contributed by atoms with Crippen LogP contribution in [0.5, 0.6) is 0 Å². The Hall–Kier alpha value is -0.530. The molecule has 1 fully saturated rings. The Morgan fingerprint density at radius 1 is 1.46 bits per heavy atom. The molecule has 0 radical (unpaired) electrons. The lowest BCUT2D eigenvalue weighted by atomic mass is 10.1. The lowest BCUT2D eigenvalue weighted by molar-refractivity contribution is 0.169. The van der Waals surface area contributed by atoms with Crippen LogP contribution >= 0.6 is 11.6 Å². The Balaban J connectivity index is 2.16. The first-order chi connectivity index (χ1) is 6.20. The molecule has 0 heterocycles. The van der Waals surface area contributed by atoms with Gasteiger partial charge in [-0.05, 0) is 36.8 Å². The van der Waals surface area contributed by atoms with Gasteiger partial charge in [-0.3, -0.25) is 0 Å². The molecule has 1 aromatic carbocycles. The number of benzene rings is 1. The highest BCUT2D eigenvalue weighted by molar-refractivity contribution is 6.31. The van der Waals surface area contributed by atoms with Crippen LogP contribution in [0.4, 0.5) is 0 Å². The number of rotatable bonds is 2. The summed E-state index contributed by atoms with van der Waals surface area (Å²) in [5.74, 6) is 0.897. The molecular weight excluding hydrogens is 184 g/mol. The smallest absolute Gasteiger partial charge is 0.0546 e. The van der Waals surface area contributed by atoms with E-state index < -0.39 is 0 Å². The molecule has 0 aromatic heterocycles. The maximum atomic E-state index is 9.37. The molecule has 0 saturated heterocycles. The number of hydrogen-bond donors (Lipinski definition) is 1. The minimum absolute atomic E-state index is 0.207. The number of aliphatic hydroxyl groups excluding tert-OH is 1. The van der Waals surface area contributed by atoms with Crippen LogP contribution in [0.1, 0.15) is 24.8 Å². The van der Waals surface area contributed by atoms with E-state index in [1.54, 1.807) is 0 Å². The minimum atomic E-state index is -0.207. The largest absolute Gasteiger partial charge is 0.393 e. The second-order valence-electron chi connectivity index (χ2n) is 3.77. The summed E-state index contributed by atoms with van der Waals surface area (Å²) in [4.78, 5) is 0. The summed E-state index contributed by atoms with van der Waals surface area (Å²) in [6.45, 7) is 1.85. The molecule has 2 rings (SSSR count). The Bertz CT molecular complexity index is 309. The average Bonchev–Trinajstić information content (AvgIpc) is 2.84. The highest BCUT2D eigenvalue weighted by atomic mass is 35.5. The topological polar surface area (TPSA) is 20.2 Å². The maximum absolute atomic E-state index is 9.37. The van der Waals surface area contributed by atoms with E-state index in [2.05, 4.69) is 6.07 Å². The standard InChI is InChI=1S/C11H13ClO/c1-7(13)9-6-10(9)8-4-2-3-5-11(8)12/h2-5,7,9-10,13H,6H2,1H3/t7-,9-,10-/m0/s1. The summed E-state index contributed by atoms with van der Waals surface area (Å²) in [5, 5.41) is 10.2. The molecule has 0 amide bonds. The van der Waals surface area contributed by atoms with Crippen LogP contribution < -0.4 is 0 Å². The predicted molar refractivity (Wildman–Crippen MR) is 54.0 cm³/mol. The zero-order valence-electron chi connectivity index (χ0n) is 7.57. The minimum Gasteiger partial charge on any atom is -0.393 e. The average molecular weight is 197 g/mol. The Labute approximate surface area is 83.3 Å². The highest BCUT2D eigenvalue weighted by Gasteiger charge is 2.42. The summed E-state index contributed by atoms with van der Waals surface area (Å²) < 4.78 is 0. The molecule has 1 aliphatic rings. The van der Waals surface area contributed by atoms with Gasteiger partial charge in [0.25, 0.3) is 0 Å². The van der Waals surface area contributed by atoms with Crippen molar-refractivity contribution in [3.05, 3.63) is 34.9 Å². The lowest BCUT2D eigenvalue weighted by Gasteiger charge is -2.04. The Morgan fingerprint density at radius 2 is 2.15 bits per heavy atom. The van der Waals surface area contributed by atoms with E-state index in [9.17, 15) is 5.11 Å². The molecular formula is C11H13ClO. The third-order valence-corrected chi connectivity index (χ3v) is 3.11. The third kappa shape index (κ3) is 1.72. The molecule has 0 unspecified atom stereocenters. The van der Waals surface area contributed by atoms with Crippen molar-refractivity contribution in [2.24, 2.45) is 5.92 Å². The van der Waals surface area contributed by atoms with Gasteiger partial charge in [0.15, 0.2) is 0 Å². The first kappa shape index (κ1) is 9.04. The van der Waals surface area contributed by atoms with E-state index in [0.29, 0.717) is 11.8 Å². The van der Waals surface area contributed by atoms with E-state index in [4.69, 9.17) is 11.6 Å². The quantitative estimate of drug-likeness (QED) is 0.772. The van der Waals surface area contributed by atoms with Gasteiger partial charge in [-0.1, -0.05) is 29.8 Å². The lowest BCUT2D eigenvalue weighted by Crippen LogP contribution is -2.03. The number of halogens is 1. The van der Waals surface area contributed by atoms with Crippen LogP contribution in [0.15, 0.2) is 24.3 Å². The van der Waals surface area contributed by atoms with Crippen molar-refractivity contribution in [3.63, 3.8) is 0 Å². The normalized spacial score (nSPS) is 28.5. The molecule has 1 aliphatic carbocycles. The van der Waals surface area contributed by atoms with Crippen LogP contribution in [0.25, 0.3) is 0 Å². The Kier molecular flexibility index (Phi) is 2.31. The van der Waals surface area contributed by atoms with Crippen LogP contribution in [-0.4, -0.2) is 11.2 Å². The SMILES string of the molecule is C[C@H](O)[C@@H]1C[C@H]1c1ccccc1Cl. The van der Waals surface area contributed by atoms with Crippen LogP contribution in [0, 0.1) is 5.92 Å². The van der Waals surface area contributed by atoms with E-state index in [0.717, 1.165) is 11.4 Å². The van der Waals surface area contributed by atoms with Gasteiger partial charge < -0.3 is 5.11 Å². The molecule has 1 saturated carbocycles. The summed E-state index contributed by atoms with van der Waals surface area (Å²) in [7, 11) is 0. The van der Waals surface area contributed by atoms with Gasteiger partial charge in [0.05, 0.1) is 6.10 Å². The van der Waals surface area contributed by atoms with Crippen LogP contribution in [0.2, 0.25) is 5.02 Å². The van der Waals surface area contributed by atoms with E-state index in [-0.39, 0.29) is 6.10 Å². The van der Waals surface area contributed by atoms with Crippen molar-refractivity contribution in [1.82, 2.24) is 0 Å². The predicted octanol–water partition coefficient (Wildman–Crippen LogP) is 2.82. The number of aliphatic hydroxyl groups is 1. The molecule has 0 bridgehead atoms. The molecule has 0 aliphatic heterocycles. The molecule has 1 aromatic rings. The molecule has 1 nitrogen and oxygen atoms in total. The molecule has 70 valence electrons. The van der Waals surface area contributed by atoms with Crippen molar-refractivity contribution >= 4 is 11.6 Å². The molecule has 3 atom stereocenters. The van der Waals surface area contributed by atoms with E-state index >= 15 is 0 Å². The molecule has 1 N–H and O–H groups in total. The fraction of sp³-hybridized carbons (Fsp3) is 0.455. The third-order valence-electron chi connectivity index (χ3n) is 2.76. The summed E-state index contributed by atoms with van der Waals surface area (Å²) in [5.41, 5.74) is 1.19. The number of hydrogen-bond acceptors (Lipinski definition) is 1. The van der Waals surface area contributed by atoms with Crippen molar-refractivity contribution in [2.75, 3.05) is 0 Å². The maximum Gasteiger partial charge on any atom is 0.0546 e. The zero-order chi connectivity index (χ0) is 9.42. The van der Waals surface area contributed by atoms with Gasteiger partial charge in [-0.2, -0.15) is 0 Å². The van der Waals surface area contributed by atoms with E-state index in [1.165, 1.54) is 5.56 Å². The van der Waals surface area contributed by atoms with Crippen molar-refractivity contribution in [1.29, 1.82) is 0 Å². The van der Waals surface area contributed by atoms with Crippen molar-refractivity contribution in [3.8, 4) is 0 Å². The van der Waals surface area contributed by atoms with Gasteiger partial charge in [0, 0.05) is 5.02 Å². The zero-order valence-corrected chi connectivity index (χ0v) is 8.33. The van der Waals surface area contributed by atoms with Gasteiger partial charge in [0.1, 0.15) is 0 Å². The fourth-order valence-corrected chi connectivity index (χ4v) is 2.16. The fourth-order valence-electron chi connectivity index (χ4n) is 1.88. The van der Waals surface area contributed by atoms with Crippen LogP contribution in [-0.2, 0) is 0 Å². The van der Waals surface area contributed by atoms with E-state index in [1.807, 2.05) is 25.1 Å². The van der Waals surface area contributed by atoms with Crippen molar-refractivity contribution in [2.45, 2.75) is 25.4 Å². The van der Waals surface area contributed by atoms with Gasteiger partial charge in [-0.25, -0.2) is 0 Å². The van der Waals surface area contributed by atoms with Gasteiger partial charge in [0.2, 0.25) is 0 Å². The first-order valence-corrected chi connectivity index (χ1v) is 5.00. The monoisotopic (exact) mass is 196 g/mol. The van der Waals surface area contributed by atoms with Gasteiger partial charge >= 0.3 is 0 Å². The highest BCUT2D eigenvalue weighted by Crippen LogP contribution is 2.51. The summed E-state index contributed by atoms with van der Waals surface area (Å²) in [6, 6.07) is 7.90. The molecule has 13 heavy (non-hydrogen) atoms. The molecule has 2 heteroatoms. The first-order valence-electron chi connectivity index (χ1n) is 4.62. The second-order valence-corrected chi connectivity index (χ2v) is 4.18. The Morgan fingerprint density at radius 3 is 2.69 bits per heavy atom. The summed E-state index contributed by atoms with van der Waals surface area (Å²) in [6.07, 6.45) is 0.864.